The van der Waals surface area contributed by atoms with Crippen LogP contribution in [-0.2, 0) is 5.75 Å². The Hall–Kier alpha value is -1.21. The van der Waals surface area contributed by atoms with E-state index in [1.807, 2.05) is 6.26 Å². The lowest BCUT2D eigenvalue weighted by Crippen LogP contribution is -1.98. The van der Waals surface area contributed by atoms with Crippen molar-refractivity contribution in [2.24, 2.45) is 0 Å². The summed E-state index contributed by atoms with van der Waals surface area (Å²) in [6, 6.07) is 6.01. The van der Waals surface area contributed by atoms with Crippen molar-refractivity contribution in [3.05, 3.63) is 36.0 Å². The maximum absolute atomic E-state index is 12.7. The van der Waals surface area contributed by atoms with Gasteiger partial charge in [0.1, 0.15) is 11.6 Å². The molecular formula is C13H15FN2O2S2. The minimum atomic E-state index is -0.259. The molecule has 7 heteroatoms. The molecule has 4 nitrogen and oxygen atoms in total. The van der Waals surface area contributed by atoms with Gasteiger partial charge in [-0.1, -0.05) is 11.8 Å². The van der Waals surface area contributed by atoms with E-state index in [0.717, 1.165) is 17.9 Å². The summed E-state index contributed by atoms with van der Waals surface area (Å²) in [7, 11) is 0. The first-order chi connectivity index (χ1) is 9.78. The highest BCUT2D eigenvalue weighted by atomic mass is 32.2. The number of ether oxygens (including phenoxy) is 1. The molecule has 0 amide bonds. The van der Waals surface area contributed by atoms with Gasteiger partial charge in [-0.2, -0.15) is 11.8 Å². The number of rotatable bonds is 8. The summed E-state index contributed by atoms with van der Waals surface area (Å²) in [5.41, 5.74) is 0. The van der Waals surface area contributed by atoms with E-state index in [1.54, 1.807) is 23.9 Å². The smallest absolute Gasteiger partial charge is 0.276 e. The van der Waals surface area contributed by atoms with Crippen LogP contribution in [0.2, 0.25) is 0 Å². The lowest BCUT2D eigenvalue weighted by atomic mass is 10.3. The molecule has 0 unspecified atom stereocenters. The number of hydrogen-bond donors (Lipinski definition) is 0. The summed E-state index contributed by atoms with van der Waals surface area (Å²) in [6.45, 7) is 0.574. The molecule has 0 saturated heterocycles. The second kappa shape index (κ2) is 8.16. The van der Waals surface area contributed by atoms with Crippen LogP contribution in [0.3, 0.4) is 0 Å². The Labute approximate surface area is 125 Å². The fourth-order valence-corrected chi connectivity index (χ4v) is 2.47. The first kappa shape index (κ1) is 15.2. The van der Waals surface area contributed by atoms with Gasteiger partial charge in [0.15, 0.2) is 0 Å². The van der Waals surface area contributed by atoms with Crippen molar-refractivity contribution >= 4 is 23.5 Å². The SMILES string of the molecule is CSCc1nnc(SCCCOc2ccc(F)cc2)o1. The normalized spacial score (nSPS) is 10.7. The van der Waals surface area contributed by atoms with E-state index in [2.05, 4.69) is 10.2 Å². The fraction of sp³-hybridized carbons (Fsp3) is 0.385. The highest BCUT2D eigenvalue weighted by Crippen LogP contribution is 2.19. The molecule has 0 aliphatic heterocycles. The lowest BCUT2D eigenvalue weighted by Gasteiger charge is -2.04. The van der Waals surface area contributed by atoms with E-state index < -0.39 is 0 Å². The topological polar surface area (TPSA) is 48.2 Å². The molecule has 0 spiro atoms. The molecule has 1 aromatic carbocycles. The number of hydrogen-bond acceptors (Lipinski definition) is 6. The maximum Gasteiger partial charge on any atom is 0.276 e. The van der Waals surface area contributed by atoms with E-state index in [1.165, 1.54) is 23.9 Å². The first-order valence-electron chi connectivity index (χ1n) is 6.10. The van der Waals surface area contributed by atoms with Gasteiger partial charge in [0.05, 0.1) is 12.4 Å². The zero-order chi connectivity index (χ0) is 14.2. The fourth-order valence-electron chi connectivity index (χ4n) is 1.42. The third-order valence-corrected chi connectivity index (χ3v) is 3.75. The average molecular weight is 314 g/mol. The third kappa shape index (κ3) is 5.05. The molecule has 0 fully saturated rings. The van der Waals surface area contributed by atoms with Gasteiger partial charge >= 0.3 is 0 Å². The van der Waals surface area contributed by atoms with Crippen molar-refractivity contribution in [1.82, 2.24) is 10.2 Å². The second-order valence-electron chi connectivity index (χ2n) is 3.90. The zero-order valence-electron chi connectivity index (χ0n) is 11.0. The Balaban J connectivity index is 1.62. The van der Waals surface area contributed by atoms with Gasteiger partial charge in [-0.15, -0.1) is 10.2 Å². The lowest BCUT2D eigenvalue weighted by molar-refractivity contribution is 0.318. The van der Waals surface area contributed by atoms with Crippen LogP contribution < -0.4 is 4.74 Å². The highest BCUT2D eigenvalue weighted by Gasteiger charge is 2.05. The maximum atomic E-state index is 12.7. The number of nitrogens with zero attached hydrogens (tertiary/aromatic N) is 2. The van der Waals surface area contributed by atoms with Crippen LogP contribution >= 0.6 is 23.5 Å². The van der Waals surface area contributed by atoms with Crippen LogP contribution in [0, 0.1) is 5.82 Å². The number of aromatic nitrogens is 2. The van der Waals surface area contributed by atoms with Crippen LogP contribution in [0.1, 0.15) is 12.3 Å². The molecule has 2 rings (SSSR count). The minimum absolute atomic E-state index is 0.259. The van der Waals surface area contributed by atoms with Crippen LogP contribution in [0.5, 0.6) is 5.75 Å². The van der Waals surface area contributed by atoms with Crippen LogP contribution in [-0.4, -0.2) is 28.8 Å². The van der Waals surface area contributed by atoms with Gasteiger partial charge in [-0.25, -0.2) is 4.39 Å². The van der Waals surface area contributed by atoms with Crippen molar-refractivity contribution < 1.29 is 13.5 Å². The summed E-state index contributed by atoms with van der Waals surface area (Å²) in [6.07, 6.45) is 2.84. The minimum Gasteiger partial charge on any atom is -0.494 e. The van der Waals surface area contributed by atoms with E-state index in [0.29, 0.717) is 23.5 Å². The van der Waals surface area contributed by atoms with E-state index in [9.17, 15) is 4.39 Å². The van der Waals surface area contributed by atoms with Crippen molar-refractivity contribution in [2.75, 3.05) is 18.6 Å². The summed E-state index contributed by atoms with van der Waals surface area (Å²) >= 11 is 3.16. The van der Waals surface area contributed by atoms with Gasteiger partial charge in [0.25, 0.3) is 5.22 Å². The Kier molecular flexibility index (Phi) is 6.20. The van der Waals surface area contributed by atoms with Crippen LogP contribution in [0.4, 0.5) is 4.39 Å². The number of halogens is 1. The predicted octanol–water partition coefficient (Wildman–Crippen LogP) is 3.63. The number of benzene rings is 1. The molecule has 1 heterocycles. The van der Waals surface area contributed by atoms with Crippen LogP contribution in [0.15, 0.2) is 33.9 Å². The quantitative estimate of drug-likeness (QED) is 0.548. The molecule has 0 saturated carbocycles. The third-order valence-electron chi connectivity index (χ3n) is 2.31. The van der Waals surface area contributed by atoms with Gasteiger partial charge in [0, 0.05) is 5.75 Å². The van der Waals surface area contributed by atoms with Gasteiger partial charge < -0.3 is 9.15 Å². The Morgan fingerprint density at radius 1 is 1.25 bits per heavy atom. The average Bonchev–Trinajstić information content (AvgIpc) is 2.89. The summed E-state index contributed by atoms with van der Waals surface area (Å²) in [4.78, 5) is 0. The molecule has 2 aromatic rings. The molecule has 1 aromatic heterocycles. The summed E-state index contributed by atoms with van der Waals surface area (Å²) in [5, 5.41) is 8.48. The summed E-state index contributed by atoms with van der Waals surface area (Å²) in [5.74, 6) is 2.65. The molecule has 0 atom stereocenters. The van der Waals surface area contributed by atoms with Crippen molar-refractivity contribution in [1.29, 1.82) is 0 Å². The zero-order valence-corrected chi connectivity index (χ0v) is 12.7. The first-order valence-corrected chi connectivity index (χ1v) is 8.48. The Bertz CT molecular complexity index is 519. The molecule has 108 valence electrons. The molecule has 0 N–H and O–H groups in total. The second-order valence-corrected chi connectivity index (χ2v) is 5.81. The van der Waals surface area contributed by atoms with E-state index in [-0.39, 0.29) is 5.82 Å². The molecule has 0 radical (unpaired) electrons. The van der Waals surface area contributed by atoms with Crippen molar-refractivity contribution in [3.63, 3.8) is 0 Å². The highest BCUT2D eigenvalue weighted by molar-refractivity contribution is 7.99. The molecule has 0 aliphatic carbocycles. The van der Waals surface area contributed by atoms with Gasteiger partial charge in [0.2, 0.25) is 5.89 Å². The molecule has 0 bridgehead atoms. The Morgan fingerprint density at radius 3 is 2.80 bits per heavy atom. The molecule has 0 aliphatic rings. The van der Waals surface area contributed by atoms with E-state index >= 15 is 0 Å². The Morgan fingerprint density at radius 2 is 2.05 bits per heavy atom. The van der Waals surface area contributed by atoms with Crippen LogP contribution in [0.25, 0.3) is 0 Å². The molecular weight excluding hydrogens is 299 g/mol. The number of thioether (sulfide) groups is 2. The predicted molar refractivity (Wildman–Crippen MR) is 78.8 cm³/mol. The standard InChI is InChI=1S/C13H15FN2O2S2/c1-19-9-12-15-16-13(18-12)20-8-2-7-17-11-5-3-10(14)4-6-11/h3-6H,2,7-9H2,1H3. The van der Waals surface area contributed by atoms with Gasteiger partial charge in [-0.05, 0) is 36.9 Å². The largest absolute Gasteiger partial charge is 0.494 e. The molecule has 20 heavy (non-hydrogen) atoms. The van der Waals surface area contributed by atoms with Crippen molar-refractivity contribution in [2.45, 2.75) is 17.4 Å². The van der Waals surface area contributed by atoms with E-state index in [4.69, 9.17) is 9.15 Å². The van der Waals surface area contributed by atoms with Gasteiger partial charge in [-0.3, -0.25) is 0 Å². The monoisotopic (exact) mass is 314 g/mol. The van der Waals surface area contributed by atoms with Crippen molar-refractivity contribution in [3.8, 4) is 5.75 Å². The summed E-state index contributed by atoms with van der Waals surface area (Å²) < 4.78 is 23.6.